The van der Waals surface area contributed by atoms with Crippen molar-refractivity contribution in [2.24, 2.45) is 0 Å². The summed E-state index contributed by atoms with van der Waals surface area (Å²) in [6, 6.07) is 1.46. The molecule has 1 unspecified atom stereocenters. The van der Waals surface area contributed by atoms with Gasteiger partial charge in [0.25, 0.3) is 0 Å². The quantitative estimate of drug-likeness (QED) is 0.232. The Morgan fingerprint density at radius 2 is 1.96 bits per heavy atom. The van der Waals surface area contributed by atoms with Crippen molar-refractivity contribution in [2.75, 3.05) is 7.11 Å². The Balaban J connectivity index is 2.48. The summed E-state index contributed by atoms with van der Waals surface area (Å²) in [5, 5.41) is 49.8. The molecule has 4 atom stereocenters. The lowest BCUT2D eigenvalue weighted by Gasteiger charge is -2.29. The van der Waals surface area contributed by atoms with E-state index in [0.717, 1.165) is 12.0 Å². The van der Waals surface area contributed by atoms with Gasteiger partial charge in [-0.2, -0.15) is 5.23 Å². The van der Waals surface area contributed by atoms with E-state index in [1.165, 1.54) is 12.3 Å². The van der Waals surface area contributed by atoms with Gasteiger partial charge < -0.3 is 30.2 Å². The first-order valence-corrected chi connectivity index (χ1v) is 9.59. The molecule has 8 heteroatoms. The average Bonchev–Trinajstić information content (AvgIpc) is 3.08. The molecule has 1 aromatic heterocycles. The zero-order valence-electron chi connectivity index (χ0n) is 17.5. The maximum Gasteiger partial charge on any atom is 0.237 e. The van der Waals surface area contributed by atoms with Crippen LogP contribution >= 0.6 is 0 Å². The molecule has 0 saturated heterocycles. The molecule has 0 saturated carbocycles. The Hall–Kier alpha value is -1.26. The minimum atomic E-state index is -1.30. The van der Waals surface area contributed by atoms with Crippen LogP contribution in [0.3, 0.4) is 0 Å². The number of aliphatic hydroxyl groups is 3. The topological polar surface area (TPSA) is 133 Å². The van der Waals surface area contributed by atoms with E-state index in [0.29, 0.717) is 24.8 Å². The van der Waals surface area contributed by atoms with Gasteiger partial charge in [0, 0.05) is 25.8 Å². The van der Waals surface area contributed by atoms with Crippen molar-refractivity contribution in [3.05, 3.63) is 34.7 Å². The molecule has 0 bridgehead atoms. The number of aromatic amines is 1. The molecular formula is C20H36N2O6. The lowest BCUT2D eigenvalue weighted by atomic mass is 9.89. The number of aromatic nitrogens is 1. The van der Waals surface area contributed by atoms with Crippen molar-refractivity contribution in [3.8, 4) is 0 Å². The van der Waals surface area contributed by atoms with E-state index in [2.05, 4.69) is 4.98 Å². The number of ether oxygens (including phenoxy) is 1. The first-order chi connectivity index (χ1) is 12.9. The molecule has 0 spiro atoms. The highest BCUT2D eigenvalue weighted by molar-refractivity contribution is 5.27. The third kappa shape index (κ3) is 7.63. The van der Waals surface area contributed by atoms with Gasteiger partial charge in [-0.3, -0.25) is 0 Å². The van der Waals surface area contributed by atoms with Gasteiger partial charge in [-0.05, 0) is 58.9 Å². The van der Waals surface area contributed by atoms with Crippen LogP contribution in [0.1, 0.15) is 58.9 Å². The van der Waals surface area contributed by atoms with E-state index in [1.807, 2.05) is 26.8 Å². The highest BCUT2D eigenvalue weighted by Crippen LogP contribution is 2.23. The van der Waals surface area contributed by atoms with Gasteiger partial charge >= 0.3 is 0 Å². The summed E-state index contributed by atoms with van der Waals surface area (Å²) in [6.07, 6.45) is 4.39. The minimum absolute atomic E-state index is 0.0549. The van der Waals surface area contributed by atoms with Gasteiger partial charge in [-0.15, -0.1) is 0 Å². The van der Waals surface area contributed by atoms with Gasteiger partial charge in [-0.1, -0.05) is 11.6 Å². The molecule has 1 rings (SSSR count). The molecule has 0 aliphatic rings. The Kier molecular flexibility index (Phi) is 9.29. The molecule has 0 radical (unpaired) electrons. The van der Waals surface area contributed by atoms with Crippen molar-refractivity contribution in [1.29, 1.82) is 0 Å². The van der Waals surface area contributed by atoms with Crippen LogP contribution in [0.5, 0.6) is 0 Å². The van der Waals surface area contributed by atoms with Crippen LogP contribution in [0.15, 0.2) is 23.9 Å². The highest BCUT2D eigenvalue weighted by atomic mass is 16.8. The zero-order chi connectivity index (χ0) is 21.5. The second-order valence-electron chi connectivity index (χ2n) is 8.26. The molecule has 8 nitrogen and oxygen atoms in total. The smallest absolute Gasteiger partial charge is 0.237 e. The lowest BCUT2D eigenvalue weighted by Crippen LogP contribution is -2.99. The van der Waals surface area contributed by atoms with Crippen LogP contribution in [0.4, 0.5) is 5.82 Å². The summed E-state index contributed by atoms with van der Waals surface area (Å²) in [5.74, 6) is 0.0549. The highest BCUT2D eigenvalue weighted by Gasteiger charge is 2.30. The van der Waals surface area contributed by atoms with E-state index in [1.54, 1.807) is 14.0 Å². The summed E-state index contributed by atoms with van der Waals surface area (Å²) < 4.78 is 5.28. The standard InChI is InChI=1S/C20H36N2O6/c1-14(8-9-16(23)19(2,3)28-5)7-6-10-20(4,25)17(24)11-15-12-18(21-13-15)22(26)27/h7,12-13,16-17,21-26H,6,8-11H2,1-5H3/b14-7+/t16-,17+,20+/m1/s1. The fourth-order valence-corrected chi connectivity index (χ4v) is 2.85. The fraction of sp³-hybridized carbons (Fsp3) is 0.700. The molecule has 162 valence electrons. The maximum absolute atomic E-state index is 10.9. The van der Waals surface area contributed by atoms with E-state index >= 15 is 0 Å². The molecule has 1 aromatic rings. The number of quaternary nitrogens is 1. The maximum atomic E-state index is 10.9. The third-order valence-electron chi connectivity index (χ3n) is 5.40. The second-order valence-corrected chi connectivity index (χ2v) is 8.26. The Morgan fingerprint density at radius 1 is 1.32 bits per heavy atom. The predicted molar refractivity (Wildman–Crippen MR) is 106 cm³/mol. The molecule has 0 amide bonds. The zero-order valence-corrected chi connectivity index (χ0v) is 17.5. The summed E-state index contributed by atoms with van der Waals surface area (Å²) >= 11 is 0. The van der Waals surface area contributed by atoms with Crippen molar-refractivity contribution < 1.29 is 30.5 Å². The first kappa shape index (κ1) is 24.8. The molecule has 0 aliphatic carbocycles. The van der Waals surface area contributed by atoms with Crippen LogP contribution in [0.25, 0.3) is 0 Å². The molecule has 6 N–H and O–H groups in total. The number of hydrogen-bond donors (Lipinski definition) is 6. The Labute approximate surface area is 167 Å². The summed E-state index contributed by atoms with van der Waals surface area (Å²) in [6.45, 7) is 7.25. The third-order valence-corrected chi connectivity index (χ3v) is 5.40. The average molecular weight is 401 g/mol. The van der Waals surface area contributed by atoms with Gasteiger partial charge in [0.05, 0.1) is 23.4 Å². The number of H-pyrrole nitrogens is 1. The number of methoxy groups -OCH3 is 1. The molecular weight excluding hydrogens is 364 g/mol. The van der Waals surface area contributed by atoms with E-state index in [9.17, 15) is 20.5 Å². The van der Waals surface area contributed by atoms with Crippen LogP contribution in [-0.2, 0) is 11.2 Å². The fourth-order valence-electron chi connectivity index (χ4n) is 2.85. The van der Waals surface area contributed by atoms with Gasteiger partial charge in [0.2, 0.25) is 5.82 Å². The van der Waals surface area contributed by atoms with Gasteiger partial charge in [-0.25, -0.2) is 5.21 Å². The summed E-state index contributed by atoms with van der Waals surface area (Å²) in [7, 11) is 1.58. The van der Waals surface area contributed by atoms with E-state index < -0.39 is 28.6 Å². The minimum Gasteiger partial charge on any atom is -0.594 e. The SMILES string of the molecule is COC(C)(C)[C@H](O)CC/C(C)=C/CC[C@](C)(O)[C@@H](O)Cc1c[nH]c([NH+]([O-])O)c1. The second kappa shape index (κ2) is 10.5. The molecule has 0 aliphatic heterocycles. The van der Waals surface area contributed by atoms with Crippen molar-refractivity contribution in [2.45, 2.75) is 83.2 Å². The van der Waals surface area contributed by atoms with Crippen molar-refractivity contribution >= 4 is 5.82 Å². The molecule has 28 heavy (non-hydrogen) atoms. The number of hydrogen-bond acceptors (Lipinski definition) is 6. The first-order valence-electron chi connectivity index (χ1n) is 9.59. The van der Waals surface area contributed by atoms with E-state index in [4.69, 9.17) is 9.94 Å². The van der Waals surface area contributed by atoms with Gasteiger partial charge in [0.15, 0.2) is 0 Å². The van der Waals surface area contributed by atoms with Crippen LogP contribution in [-0.4, -0.2) is 56.0 Å². The number of allylic oxidation sites excluding steroid dienone is 2. The number of aliphatic hydroxyl groups excluding tert-OH is 2. The van der Waals surface area contributed by atoms with Gasteiger partial charge in [0.1, 0.15) is 0 Å². The Bertz CT molecular complexity index is 624. The van der Waals surface area contributed by atoms with Crippen molar-refractivity contribution in [1.82, 2.24) is 4.98 Å². The monoisotopic (exact) mass is 400 g/mol. The van der Waals surface area contributed by atoms with Crippen LogP contribution in [0, 0.1) is 5.21 Å². The van der Waals surface area contributed by atoms with E-state index in [-0.39, 0.29) is 12.2 Å². The van der Waals surface area contributed by atoms with Crippen LogP contribution in [0.2, 0.25) is 0 Å². The number of nitrogens with one attached hydrogen (secondary N) is 2. The van der Waals surface area contributed by atoms with Crippen LogP contribution < -0.4 is 5.23 Å². The predicted octanol–water partition coefficient (Wildman–Crippen LogP) is 1.37. The number of rotatable bonds is 12. The summed E-state index contributed by atoms with van der Waals surface area (Å²) in [5.41, 5.74) is -0.151. The lowest BCUT2D eigenvalue weighted by molar-refractivity contribution is -0.993. The molecule has 0 aromatic carbocycles. The van der Waals surface area contributed by atoms with Crippen molar-refractivity contribution in [3.63, 3.8) is 0 Å². The largest absolute Gasteiger partial charge is 0.594 e. The Morgan fingerprint density at radius 3 is 2.50 bits per heavy atom. The normalized spacial score (nSPS) is 18.6. The molecule has 1 heterocycles. The molecule has 0 fully saturated rings. The summed E-state index contributed by atoms with van der Waals surface area (Å²) in [4.78, 5) is 2.63.